The van der Waals surface area contributed by atoms with Crippen LogP contribution in [0, 0.1) is 13.8 Å². The van der Waals surface area contributed by atoms with Crippen molar-refractivity contribution >= 4 is 23.4 Å². The second-order valence-corrected chi connectivity index (χ2v) is 8.55. The van der Waals surface area contributed by atoms with Crippen molar-refractivity contribution in [3.63, 3.8) is 0 Å². The van der Waals surface area contributed by atoms with E-state index in [4.69, 9.17) is 11.5 Å². The predicted octanol–water partition coefficient (Wildman–Crippen LogP) is 1.79. The van der Waals surface area contributed by atoms with Crippen LogP contribution in [0.25, 0.3) is 17.1 Å². The van der Waals surface area contributed by atoms with E-state index in [0.29, 0.717) is 44.0 Å². The third-order valence-electron chi connectivity index (χ3n) is 5.86. The number of primary amides is 1. The Morgan fingerprint density at radius 2 is 1.97 bits per heavy atom. The average molecular weight is 482 g/mol. The van der Waals surface area contributed by atoms with E-state index in [-0.39, 0.29) is 23.2 Å². The molecule has 12 heteroatoms. The van der Waals surface area contributed by atoms with Crippen LogP contribution < -0.4 is 22.1 Å². The number of anilines is 2. The zero-order chi connectivity index (χ0) is 25.1. The zero-order valence-corrected chi connectivity index (χ0v) is 19.6. The van der Waals surface area contributed by atoms with Gasteiger partial charge < -0.3 is 22.1 Å². The third kappa shape index (κ3) is 5.54. The molecule has 11 nitrogen and oxygen atoms in total. The molecule has 0 radical (unpaired) electrons. The number of aryl methyl sites for hydroxylation is 2. The van der Waals surface area contributed by atoms with Crippen LogP contribution in [0.1, 0.15) is 27.9 Å². The van der Waals surface area contributed by atoms with Gasteiger partial charge in [-0.1, -0.05) is 0 Å². The summed E-state index contributed by atoms with van der Waals surface area (Å²) in [4.78, 5) is 34.6. The number of urea groups is 1. The molecular formula is C23H28FN9O2. The van der Waals surface area contributed by atoms with Crippen molar-refractivity contribution in [1.82, 2.24) is 30.0 Å². The monoisotopic (exact) mass is 481 g/mol. The molecule has 0 spiro atoms. The Labute approximate surface area is 201 Å². The second kappa shape index (κ2) is 10.1. The van der Waals surface area contributed by atoms with Crippen LogP contribution in [0.4, 0.5) is 20.7 Å². The molecule has 1 aliphatic rings. The van der Waals surface area contributed by atoms with Gasteiger partial charge in [-0.25, -0.2) is 23.8 Å². The van der Waals surface area contributed by atoms with Gasteiger partial charge in [0.05, 0.1) is 23.7 Å². The summed E-state index contributed by atoms with van der Waals surface area (Å²) in [5, 5.41) is 9.81. The lowest BCUT2D eigenvalue weighted by molar-refractivity contribution is 0.1000. The van der Waals surface area contributed by atoms with E-state index in [0.717, 1.165) is 16.7 Å². The SMILES string of the molecule is Cc1cc(-c2cnc(N)c(-n3cc(C(N)=O)cn3)n2)cc(C)c1NC(=O)NCCN1CC[C@@H](F)C1. The van der Waals surface area contributed by atoms with Gasteiger partial charge in [-0.2, -0.15) is 5.10 Å². The van der Waals surface area contributed by atoms with Gasteiger partial charge in [-0.3, -0.25) is 9.69 Å². The summed E-state index contributed by atoms with van der Waals surface area (Å²) in [6.45, 7) is 5.95. The number of halogens is 1. The number of alkyl halides is 1. The molecule has 1 aromatic carbocycles. The van der Waals surface area contributed by atoms with Gasteiger partial charge in [-0.05, 0) is 43.5 Å². The highest BCUT2D eigenvalue weighted by Gasteiger charge is 2.21. The first kappa shape index (κ1) is 24.1. The first-order valence-corrected chi connectivity index (χ1v) is 11.2. The van der Waals surface area contributed by atoms with Crippen LogP contribution in [-0.2, 0) is 0 Å². The molecule has 184 valence electrons. The fourth-order valence-electron chi connectivity index (χ4n) is 4.04. The van der Waals surface area contributed by atoms with Crippen LogP contribution in [0.2, 0.25) is 0 Å². The number of hydrogen-bond acceptors (Lipinski definition) is 7. The molecule has 4 rings (SSSR count). The Kier molecular flexibility index (Phi) is 6.92. The van der Waals surface area contributed by atoms with Gasteiger partial charge in [0.2, 0.25) is 0 Å². The summed E-state index contributed by atoms with van der Waals surface area (Å²) in [6.07, 6.45) is 4.09. The minimum atomic E-state index is -0.776. The molecule has 0 aliphatic carbocycles. The molecule has 1 atom stereocenters. The highest BCUT2D eigenvalue weighted by Crippen LogP contribution is 2.28. The van der Waals surface area contributed by atoms with E-state index >= 15 is 0 Å². The number of nitrogen functional groups attached to an aromatic ring is 1. The lowest BCUT2D eigenvalue weighted by Gasteiger charge is -2.17. The van der Waals surface area contributed by atoms with Crippen LogP contribution in [0.3, 0.4) is 0 Å². The van der Waals surface area contributed by atoms with Crippen LogP contribution >= 0.6 is 0 Å². The minimum absolute atomic E-state index is 0.146. The topological polar surface area (TPSA) is 157 Å². The van der Waals surface area contributed by atoms with E-state index in [1.807, 2.05) is 30.9 Å². The number of carbonyl (C=O) groups is 2. The van der Waals surface area contributed by atoms with E-state index in [1.54, 1.807) is 6.20 Å². The number of nitrogens with one attached hydrogen (secondary N) is 2. The summed E-state index contributed by atoms with van der Waals surface area (Å²) in [6, 6.07) is 3.45. The van der Waals surface area contributed by atoms with Crippen LogP contribution in [0.5, 0.6) is 0 Å². The van der Waals surface area contributed by atoms with Crippen molar-refractivity contribution in [2.75, 3.05) is 37.2 Å². The van der Waals surface area contributed by atoms with Crippen LogP contribution in [-0.4, -0.2) is 68.9 Å². The fourth-order valence-corrected chi connectivity index (χ4v) is 4.04. The Morgan fingerprint density at radius 1 is 1.23 bits per heavy atom. The van der Waals surface area contributed by atoms with Gasteiger partial charge in [0.25, 0.3) is 5.91 Å². The van der Waals surface area contributed by atoms with Gasteiger partial charge in [0, 0.05) is 43.6 Å². The first-order valence-electron chi connectivity index (χ1n) is 11.2. The van der Waals surface area contributed by atoms with Crippen LogP contribution in [0.15, 0.2) is 30.7 Å². The summed E-state index contributed by atoms with van der Waals surface area (Å²) >= 11 is 0. The van der Waals surface area contributed by atoms with Gasteiger partial charge >= 0.3 is 6.03 Å². The number of amides is 3. The summed E-state index contributed by atoms with van der Waals surface area (Å²) < 4.78 is 14.6. The Morgan fingerprint density at radius 3 is 2.60 bits per heavy atom. The molecule has 1 aliphatic heterocycles. The molecule has 0 bridgehead atoms. The van der Waals surface area contributed by atoms with Crippen molar-refractivity contribution in [2.45, 2.75) is 26.4 Å². The maximum Gasteiger partial charge on any atom is 0.319 e. The number of hydrogen-bond donors (Lipinski definition) is 4. The summed E-state index contributed by atoms with van der Waals surface area (Å²) in [5.41, 5.74) is 15.2. The minimum Gasteiger partial charge on any atom is -0.381 e. The first-order chi connectivity index (χ1) is 16.7. The van der Waals surface area contributed by atoms with E-state index in [1.165, 1.54) is 17.1 Å². The fraction of sp³-hybridized carbons (Fsp3) is 0.348. The van der Waals surface area contributed by atoms with Crippen molar-refractivity contribution in [2.24, 2.45) is 5.73 Å². The predicted molar refractivity (Wildman–Crippen MR) is 130 cm³/mol. The lowest BCUT2D eigenvalue weighted by Crippen LogP contribution is -2.36. The quantitative estimate of drug-likeness (QED) is 0.401. The van der Waals surface area contributed by atoms with Crippen molar-refractivity contribution in [3.05, 3.63) is 47.4 Å². The van der Waals surface area contributed by atoms with Crippen molar-refractivity contribution < 1.29 is 14.0 Å². The number of benzene rings is 1. The number of aromatic nitrogens is 4. The number of rotatable bonds is 7. The van der Waals surface area contributed by atoms with Gasteiger partial charge in [0.1, 0.15) is 6.17 Å². The highest BCUT2D eigenvalue weighted by atomic mass is 19.1. The molecule has 0 saturated carbocycles. The molecule has 3 amide bonds. The van der Waals surface area contributed by atoms with E-state index < -0.39 is 12.1 Å². The molecule has 0 unspecified atom stereocenters. The average Bonchev–Trinajstić information content (AvgIpc) is 3.46. The summed E-state index contributed by atoms with van der Waals surface area (Å²) in [7, 11) is 0. The Balaban J connectivity index is 1.47. The van der Waals surface area contributed by atoms with Gasteiger partial charge in [0.15, 0.2) is 11.6 Å². The third-order valence-corrected chi connectivity index (χ3v) is 5.86. The number of nitrogens with two attached hydrogens (primary N) is 2. The largest absolute Gasteiger partial charge is 0.381 e. The van der Waals surface area contributed by atoms with Crippen molar-refractivity contribution in [3.8, 4) is 17.1 Å². The Hall–Kier alpha value is -4.06. The van der Waals surface area contributed by atoms with E-state index in [9.17, 15) is 14.0 Å². The lowest BCUT2D eigenvalue weighted by atomic mass is 10.0. The second-order valence-electron chi connectivity index (χ2n) is 8.55. The highest BCUT2D eigenvalue weighted by molar-refractivity contribution is 5.92. The summed E-state index contributed by atoms with van der Waals surface area (Å²) in [5.74, 6) is -0.196. The van der Waals surface area contributed by atoms with Crippen molar-refractivity contribution in [1.29, 1.82) is 0 Å². The molecule has 6 N–H and O–H groups in total. The molecule has 35 heavy (non-hydrogen) atoms. The molecule has 1 saturated heterocycles. The Bertz CT molecular complexity index is 1240. The number of likely N-dealkylation sites (tertiary alicyclic amines) is 1. The molecule has 3 heterocycles. The molecule has 1 fully saturated rings. The molecule has 3 aromatic rings. The maximum atomic E-state index is 13.3. The standard InChI is InChI=1S/C23H28FN9O2/c1-13-7-15(18-10-28-20(25)22(30-18)33-11-16(9-29-33)21(26)34)8-14(2)19(13)31-23(35)27-4-6-32-5-3-17(24)12-32/h7-11,17H,3-6,12H2,1-2H3,(H2,25,28)(H2,26,34)(H2,27,31,35)/t17-/m1/s1. The molecular weight excluding hydrogens is 453 g/mol. The number of carbonyl (C=O) groups excluding carboxylic acids is 2. The maximum absolute atomic E-state index is 13.3. The molecule has 2 aromatic heterocycles. The van der Waals surface area contributed by atoms with E-state index in [2.05, 4.69) is 25.7 Å². The zero-order valence-electron chi connectivity index (χ0n) is 19.6. The normalized spacial score (nSPS) is 15.8. The number of nitrogens with zero attached hydrogens (tertiary/aromatic N) is 5. The van der Waals surface area contributed by atoms with Gasteiger partial charge in [-0.15, -0.1) is 0 Å². The smallest absolute Gasteiger partial charge is 0.319 e.